The lowest BCUT2D eigenvalue weighted by atomic mass is 9.91. The van der Waals surface area contributed by atoms with Gasteiger partial charge in [-0.1, -0.05) is 31.7 Å². The molecule has 0 aliphatic carbocycles. The third kappa shape index (κ3) is 6.79. The Balaban J connectivity index is 1.81. The number of ether oxygens (including phenoxy) is 1. The van der Waals surface area contributed by atoms with Crippen LogP contribution in [-0.2, 0) is 25.1 Å². The molecular formula is C30H25F10NO2S. The van der Waals surface area contributed by atoms with Crippen LogP contribution in [-0.4, -0.2) is 23.3 Å². The Morgan fingerprint density at radius 1 is 0.818 bits per heavy atom. The maximum atomic E-state index is 14.7. The van der Waals surface area contributed by atoms with Crippen molar-refractivity contribution in [2.45, 2.75) is 63.1 Å². The summed E-state index contributed by atoms with van der Waals surface area (Å²) in [6.45, 7) is 4.33. The molecule has 0 radical (unpaired) electrons. The molecule has 238 valence electrons. The van der Waals surface area contributed by atoms with Crippen molar-refractivity contribution < 1.29 is 53.4 Å². The quantitative estimate of drug-likeness (QED) is 0.248. The number of amides is 1. The molecule has 3 nitrogen and oxygen atoms in total. The Kier molecular flexibility index (Phi) is 9.00. The first-order valence-corrected chi connectivity index (χ1v) is 13.9. The molecule has 0 aromatic heterocycles. The Bertz CT molecular complexity index is 1530. The third-order valence-corrected chi connectivity index (χ3v) is 8.69. The molecule has 14 heteroatoms. The molecule has 1 saturated heterocycles. The third-order valence-electron chi connectivity index (χ3n) is 7.33. The molecule has 1 aliphatic rings. The van der Waals surface area contributed by atoms with Crippen LogP contribution in [0.25, 0.3) is 11.1 Å². The molecule has 44 heavy (non-hydrogen) atoms. The van der Waals surface area contributed by atoms with Crippen molar-refractivity contribution >= 4 is 17.0 Å². The van der Waals surface area contributed by atoms with Gasteiger partial charge in [0.05, 0.1) is 29.1 Å². The van der Waals surface area contributed by atoms with Crippen molar-refractivity contribution in [2.75, 3.05) is 7.11 Å². The van der Waals surface area contributed by atoms with Gasteiger partial charge in [0.1, 0.15) is 11.6 Å². The standard InChI is InChI=1S/C30H25F10NO2S/c1-14(2)22-11-23(25(43-4)12-24(22)31)21-6-5-18(28(32,33)34)9-17(21)13-41-15(3)26(44-27(41)42)16-7-19(29(35,36)37)10-20(8-16)30(38,39)40/h5-12,14-15,26H,13H2,1-4H3. The van der Waals surface area contributed by atoms with Crippen LogP contribution in [0.3, 0.4) is 0 Å². The van der Waals surface area contributed by atoms with Gasteiger partial charge in [-0.2, -0.15) is 39.5 Å². The van der Waals surface area contributed by atoms with Crippen LogP contribution in [0.15, 0.2) is 48.5 Å². The molecule has 2 atom stereocenters. The highest BCUT2D eigenvalue weighted by atomic mass is 32.2. The van der Waals surface area contributed by atoms with Crippen LogP contribution in [0.2, 0.25) is 0 Å². The van der Waals surface area contributed by atoms with Crippen molar-refractivity contribution in [3.8, 4) is 16.9 Å². The molecule has 0 bridgehead atoms. The second-order valence-electron chi connectivity index (χ2n) is 10.6. The summed E-state index contributed by atoms with van der Waals surface area (Å²) in [5.74, 6) is -0.912. The first-order valence-electron chi connectivity index (χ1n) is 13.1. The molecule has 0 spiro atoms. The molecule has 3 aromatic carbocycles. The predicted octanol–water partition coefficient (Wildman–Crippen LogP) is 10.5. The molecular weight excluding hydrogens is 628 g/mol. The SMILES string of the molecule is COc1cc(F)c(C(C)C)cc1-c1ccc(C(F)(F)F)cc1CN1C(=O)SC(c2cc(C(F)(F)F)cc(C(F)(F)F)c2)C1C. The number of carbonyl (C=O) groups is 1. The fourth-order valence-electron chi connectivity index (χ4n) is 5.04. The van der Waals surface area contributed by atoms with Crippen molar-refractivity contribution in [1.29, 1.82) is 0 Å². The van der Waals surface area contributed by atoms with Crippen molar-refractivity contribution in [3.05, 3.63) is 87.7 Å². The number of hydrogen-bond donors (Lipinski definition) is 0. The number of carbonyl (C=O) groups excluding carboxylic acids is 1. The second kappa shape index (κ2) is 11.8. The highest BCUT2D eigenvalue weighted by molar-refractivity contribution is 8.14. The first-order chi connectivity index (χ1) is 20.2. The highest BCUT2D eigenvalue weighted by Gasteiger charge is 2.43. The number of halogens is 10. The average molecular weight is 654 g/mol. The van der Waals surface area contributed by atoms with Gasteiger partial charge in [0.2, 0.25) is 0 Å². The van der Waals surface area contributed by atoms with Crippen LogP contribution in [0.1, 0.15) is 65.3 Å². The molecule has 2 unspecified atom stereocenters. The van der Waals surface area contributed by atoms with E-state index in [2.05, 4.69) is 0 Å². The van der Waals surface area contributed by atoms with E-state index in [0.717, 1.165) is 29.2 Å². The molecule has 1 aliphatic heterocycles. The Labute approximate surface area is 250 Å². The van der Waals surface area contributed by atoms with Gasteiger partial charge >= 0.3 is 18.5 Å². The lowest BCUT2D eigenvalue weighted by Crippen LogP contribution is -2.31. The Morgan fingerprint density at radius 2 is 1.39 bits per heavy atom. The van der Waals surface area contributed by atoms with Crippen molar-refractivity contribution in [3.63, 3.8) is 0 Å². The van der Waals surface area contributed by atoms with E-state index in [1.54, 1.807) is 13.8 Å². The molecule has 4 rings (SSSR count). The summed E-state index contributed by atoms with van der Waals surface area (Å²) >= 11 is 0.476. The van der Waals surface area contributed by atoms with Gasteiger partial charge in [0.15, 0.2) is 0 Å². The summed E-state index contributed by atoms with van der Waals surface area (Å²) in [7, 11) is 1.24. The van der Waals surface area contributed by atoms with Crippen LogP contribution < -0.4 is 4.74 Å². The molecule has 0 N–H and O–H groups in total. The lowest BCUT2D eigenvalue weighted by Gasteiger charge is -2.26. The fraction of sp³-hybridized carbons (Fsp3) is 0.367. The van der Waals surface area contributed by atoms with Crippen LogP contribution in [0, 0.1) is 5.82 Å². The number of methoxy groups -OCH3 is 1. The molecule has 1 heterocycles. The van der Waals surface area contributed by atoms with Gasteiger partial charge in [0.25, 0.3) is 5.24 Å². The average Bonchev–Trinajstić information content (AvgIpc) is 3.19. The summed E-state index contributed by atoms with van der Waals surface area (Å²) in [6, 6.07) is 5.30. The molecule has 1 amide bonds. The number of benzene rings is 3. The van der Waals surface area contributed by atoms with Gasteiger partial charge in [-0.3, -0.25) is 4.79 Å². The molecule has 0 saturated carbocycles. The van der Waals surface area contributed by atoms with Crippen molar-refractivity contribution in [1.82, 2.24) is 4.90 Å². The zero-order chi connectivity index (χ0) is 32.9. The molecule has 3 aromatic rings. The summed E-state index contributed by atoms with van der Waals surface area (Å²) in [4.78, 5) is 14.2. The van der Waals surface area contributed by atoms with E-state index >= 15 is 0 Å². The van der Waals surface area contributed by atoms with Gasteiger partial charge in [0, 0.05) is 24.2 Å². The number of alkyl halides is 9. The summed E-state index contributed by atoms with van der Waals surface area (Å²) in [5, 5.41) is -1.96. The van der Waals surface area contributed by atoms with E-state index in [4.69, 9.17) is 4.74 Å². The zero-order valence-corrected chi connectivity index (χ0v) is 24.3. The van der Waals surface area contributed by atoms with E-state index in [0.29, 0.717) is 23.9 Å². The van der Waals surface area contributed by atoms with Crippen LogP contribution in [0.5, 0.6) is 5.75 Å². The zero-order valence-electron chi connectivity index (χ0n) is 23.5. The molecule has 1 fully saturated rings. The summed E-state index contributed by atoms with van der Waals surface area (Å²) in [6.07, 6.45) is -15.0. The topological polar surface area (TPSA) is 29.5 Å². The number of thioether (sulfide) groups is 1. The second-order valence-corrected chi connectivity index (χ2v) is 11.7. The van der Waals surface area contributed by atoms with Gasteiger partial charge < -0.3 is 9.64 Å². The lowest BCUT2D eigenvalue weighted by molar-refractivity contribution is -0.143. The van der Waals surface area contributed by atoms with Gasteiger partial charge in [-0.15, -0.1) is 0 Å². The minimum atomic E-state index is -5.11. The van der Waals surface area contributed by atoms with E-state index in [1.165, 1.54) is 20.1 Å². The smallest absolute Gasteiger partial charge is 0.416 e. The predicted molar refractivity (Wildman–Crippen MR) is 145 cm³/mol. The fourth-order valence-corrected chi connectivity index (χ4v) is 6.24. The number of rotatable bonds is 6. The number of nitrogens with zero attached hydrogens (tertiary/aromatic N) is 1. The minimum Gasteiger partial charge on any atom is -0.496 e. The minimum absolute atomic E-state index is 0.00426. The van der Waals surface area contributed by atoms with Crippen molar-refractivity contribution in [2.24, 2.45) is 0 Å². The number of hydrogen-bond acceptors (Lipinski definition) is 3. The maximum absolute atomic E-state index is 14.7. The van der Waals surface area contributed by atoms with Crippen LogP contribution >= 0.6 is 11.8 Å². The first kappa shape index (κ1) is 33.5. The Morgan fingerprint density at radius 3 is 1.89 bits per heavy atom. The van der Waals surface area contributed by atoms with E-state index in [-0.39, 0.29) is 40.0 Å². The van der Waals surface area contributed by atoms with E-state index in [1.807, 2.05) is 0 Å². The maximum Gasteiger partial charge on any atom is 0.416 e. The largest absolute Gasteiger partial charge is 0.496 e. The van der Waals surface area contributed by atoms with Gasteiger partial charge in [-0.25, -0.2) is 4.39 Å². The van der Waals surface area contributed by atoms with Crippen LogP contribution in [0.4, 0.5) is 48.7 Å². The monoisotopic (exact) mass is 653 g/mol. The normalized spacial score (nSPS) is 18.0. The summed E-state index contributed by atoms with van der Waals surface area (Å²) < 4.78 is 142. The Hall–Kier alpha value is -3.42. The highest BCUT2D eigenvalue weighted by Crippen LogP contribution is 2.48. The van der Waals surface area contributed by atoms with E-state index in [9.17, 15) is 48.7 Å². The van der Waals surface area contributed by atoms with E-state index < -0.39 is 69.7 Å². The summed E-state index contributed by atoms with van der Waals surface area (Å²) in [5.41, 5.74) is -3.96. The van der Waals surface area contributed by atoms with Gasteiger partial charge in [-0.05, 0) is 71.5 Å².